The highest BCUT2D eigenvalue weighted by molar-refractivity contribution is 9.10. The number of nitrogens with zero attached hydrogens (tertiary/aromatic N) is 2. The Morgan fingerprint density at radius 2 is 2.26 bits per heavy atom. The second kappa shape index (κ2) is 6.73. The number of benzene rings is 1. The molecule has 0 aliphatic heterocycles. The van der Waals surface area contributed by atoms with Crippen LogP contribution in [0.2, 0.25) is 0 Å². The molecule has 5 heteroatoms. The van der Waals surface area contributed by atoms with Crippen LogP contribution in [0.15, 0.2) is 35.1 Å². The van der Waals surface area contributed by atoms with Gasteiger partial charge < -0.3 is 10.1 Å². The van der Waals surface area contributed by atoms with E-state index in [1.54, 1.807) is 13.3 Å². The summed E-state index contributed by atoms with van der Waals surface area (Å²) < 4.78 is 8.17. The van der Waals surface area contributed by atoms with Crippen molar-refractivity contribution in [3.8, 4) is 5.69 Å². The number of imidazole rings is 1. The lowest BCUT2D eigenvalue weighted by atomic mass is 10.2. The molecule has 19 heavy (non-hydrogen) atoms. The second-order valence-electron chi connectivity index (χ2n) is 4.30. The van der Waals surface area contributed by atoms with E-state index >= 15 is 0 Å². The molecule has 102 valence electrons. The summed E-state index contributed by atoms with van der Waals surface area (Å²) in [5.41, 5.74) is 2.29. The Hall–Kier alpha value is -1.33. The normalized spacial score (nSPS) is 10.7. The summed E-state index contributed by atoms with van der Waals surface area (Å²) >= 11 is 3.63. The van der Waals surface area contributed by atoms with Gasteiger partial charge in [-0.25, -0.2) is 4.98 Å². The van der Waals surface area contributed by atoms with Gasteiger partial charge in [0.2, 0.25) is 5.95 Å². The average molecular weight is 324 g/mol. The van der Waals surface area contributed by atoms with Crippen LogP contribution in [-0.4, -0.2) is 29.8 Å². The monoisotopic (exact) mass is 323 g/mol. The standard InChI is InChI=1S/C14H18BrN3O/c1-11-5-3-6-12(13(11)15)18-9-8-17-14(18)16-7-4-10-19-2/h3,5-6,8-9H,4,7,10H2,1-2H3,(H,16,17). The molecule has 0 bridgehead atoms. The molecule has 0 saturated heterocycles. The predicted molar refractivity (Wildman–Crippen MR) is 81.0 cm³/mol. The Labute approximate surface area is 121 Å². The molecule has 0 amide bonds. The topological polar surface area (TPSA) is 39.1 Å². The number of methoxy groups -OCH3 is 1. The van der Waals surface area contributed by atoms with Crippen molar-refractivity contribution in [2.45, 2.75) is 13.3 Å². The van der Waals surface area contributed by atoms with Crippen LogP contribution >= 0.6 is 15.9 Å². The highest BCUT2D eigenvalue weighted by Crippen LogP contribution is 2.26. The molecule has 0 saturated carbocycles. The van der Waals surface area contributed by atoms with Crippen molar-refractivity contribution in [1.82, 2.24) is 9.55 Å². The van der Waals surface area contributed by atoms with Crippen LogP contribution in [0.1, 0.15) is 12.0 Å². The lowest BCUT2D eigenvalue weighted by Crippen LogP contribution is -2.09. The van der Waals surface area contributed by atoms with Crippen LogP contribution in [-0.2, 0) is 4.74 Å². The zero-order chi connectivity index (χ0) is 13.7. The van der Waals surface area contributed by atoms with E-state index in [9.17, 15) is 0 Å². The first-order valence-electron chi connectivity index (χ1n) is 6.25. The van der Waals surface area contributed by atoms with E-state index in [0.29, 0.717) is 0 Å². The summed E-state index contributed by atoms with van der Waals surface area (Å²) in [5.74, 6) is 0.849. The zero-order valence-electron chi connectivity index (χ0n) is 11.2. The first-order valence-corrected chi connectivity index (χ1v) is 7.05. The van der Waals surface area contributed by atoms with Crippen molar-refractivity contribution in [3.63, 3.8) is 0 Å². The van der Waals surface area contributed by atoms with Gasteiger partial charge in [-0.1, -0.05) is 12.1 Å². The number of anilines is 1. The minimum atomic E-state index is 0.752. The molecule has 0 unspecified atom stereocenters. The maximum absolute atomic E-state index is 5.04. The SMILES string of the molecule is COCCCNc1nccn1-c1cccc(C)c1Br. The van der Waals surface area contributed by atoms with Crippen molar-refractivity contribution < 1.29 is 4.74 Å². The molecule has 0 aliphatic carbocycles. The quantitative estimate of drug-likeness (QED) is 0.828. The third-order valence-corrected chi connectivity index (χ3v) is 3.91. The summed E-state index contributed by atoms with van der Waals surface area (Å²) in [6.07, 6.45) is 4.71. The molecule has 2 rings (SSSR count). The Morgan fingerprint density at radius 3 is 3.05 bits per heavy atom. The number of halogens is 1. The number of nitrogens with one attached hydrogen (secondary N) is 1. The molecule has 1 heterocycles. The molecule has 1 aromatic heterocycles. The molecule has 0 fully saturated rings. The van der Waals surface area contributed by atoms with E-state index in [1.165, 1.54) is 5.56 Å². The van der Waals surface area contributed by atoms with Gasteiger partial charge in [0.25, 0.3) is 0 Å². The van der Waals surface area contributed by atoms with Crippen molar-refractivity contribution in [2.75, 3.05) is 25.6 Å². The van der Waals surface area contributed by atoms with Gasteiger partial charge in [-0.15, -0.1) is 0 Å². The van der Waals surface area contributed by atoms with Crippen LogP contribution in [0.25, 0.3) is 5.69 Å². The van der Waals surface area contributed by atoms with Gasteiger partial charge in [0, 0.05) is 37.1 Å². The van der Waals surface area contributed by atoms with Crippen LogP contribution in [0.4, 0.5) is 5.95 Å². The molecule has 0 spiro atoms. The third kappa shape index (κ3) is 3.36. The maximum Gasteiger partial charge on any atom is 0.207 e. The minimum absolute atomic E-state index is 0.752. The van der Waals surface area contributed by atoms with E-state index < -0.39 is 0 Å². The molecule has 1 aromatic carbocycles. The van der Waals surface area contributed by atoms with E-state index in [0.717, 1.165) is 35.7 Å². The largest absolute Gasteiger partial charge is 0.385 e. The van der Waals surface area contributed by atoms with Crippen molar-refractivity contribution in [3.05, 3.63) is 40.6 Å². The van der Waals surface area contributed by atoms with Crippen LogP contribution in [0.3, 0.4) is 0 Å². The van der Waals surface area contributed by atoms with Gasteiger partial charge in [-0.2, -0.15) is 0 Å². The average Bonchev–Trinajstić information content (AvgIpc) is 2.86. The van der Waals surface area contributed by atoms with Gasteiger partial charge in [0.15, 0.2) is 0 Å². The molecule has 4 nitrogen and oxygen atoms in total. The predicted octanol–water partition coefficient (Wildman–Crippen LogP) is 3.39. The summed E-state index contributed by atoms with van der Waals surface area (Å²) in [4.78, 5) is 4.35. The lowest BCUT2D eigenvalue weighted by molar-refractivity contribution is 0.197. The van der Waals surface area contributed by atoms with E-state index in [2.05, 4.69) is 45.3 Å². The van der Waals surface area contributed by atoms with E-state index in [-0.39, 0.29) is 0 Å². The van der Waals surface area contributed by atoms with Crippen LogP contribution < -0.4 is 5.32 Å². The number of ether oxygens (including phenoxy) is 1. The highest BCUT2D eigenvalue weighted by atomic mass is 79.9. The summed E-state index contributed by atoms with van der Waals surface area (Å²) in [5, 5.41) is 3.32. The van der Waals surface area contributed by atoms with Gasteiger partial charge in [-0.05, 0) is 40.9 Å². The van der Waals surface area contributed by atoms with Crippen molar-refractivity contribution in [2.24, 2.45) is 0 Å². The molecule has 2 aromatic rings. The van der Waals surface area contributed by atoms with Gasteiger partial charge in [-0.3, -0.25) is 4.57 Å². The second-order valence-corrected chi connectivity index (χ2v) is 5.09. The molecule has 0 atom stereocenters. The molecule has 0 aliphatic rings. The first-order chi connectivity index (χ1) is 9.24. The number of hydrogen-bond donors (Lipinski definition) is 1. The molecular formula is C14H18BrN3O. The van der Waals surface area contributed by atoms with Gasteiger partial charge in [0.05, 0.1) is 5.69 Å². The van der Waals surface area contributed by atoms with Crippen LogP contribution in [0.5, 0.6) is 0 Å². The van der Waals surface area contributed by atoms with Gasteiger partial charge >= 0.3 is 0 Å². The number of hydrogen-bond acceptors (Lipinski definition) is 3. The Balaban J connectivity index is 2.17. The van der Waals surface area contributed by atoms with Crippen molar-refractivity contribution in [1.29, 1.82) is 0 Å². The summed E-state index contributed by atoms with van der Waals surface area (Å²) in [7, 11) is 1.71. The summed E-state index contributed by atoms with van der Waals surface area (Å²) in [6, 6.07) is 6.19. The van der Waals surface area contributed by atoms with Gasteiger partial charge in [0.1, 0.15) is 0 Å². The maximum atomic E-state index is 5.04. The third-order valence-electron chi connectivity index (χ3n) is 2.88. The molecule has 0 radical (unpaired) electrons. The zero-order valence-corrected chi connectivity index (χ0v) is 12.8. The number of rotatable bonds is 6. The first kappa shape index (κ1) is 14.1. The molecular weight excluding hydrogens is 306 g/mol. The van der Waals surface area contributed by atoms with Crippen LogP contribution in [0, 0.1) is 6.92 Å². The fourth-order valence-corrected chi connectivity index (χ4v) is 2.32. The highest BCUT2D eigenvalue weighted by Gasteiger charge is 2.08. The fraction of sp³-hybridized carbons (Fsp3) is 0.357. The lowest BCUT2D eigenvalue weighted by Gasteiger charge is -2.12. The Kier molecular flexibility index (Phi) is 4.99. The Morgan fingerprint density at radius 1 is 1.42 bits per heavy atom. The summed E-state index contributed by atoms with van der Waals surface area (Å²) in [6.45, 7) is 3.67. The fourth-order valence-electron chi connectivity index (χ4n) is 1.86. The smallest absolute Gasteiger partial charge is 0.207 e. The van der Waals surface area contributed by atoms with E-state index in [4.69, 9.17) is 4.74 Å². The number of aromatic nitrogens is 2. The van der Waals surface area contributed by atoms with E-state index in [1.807, 2.05) is 16.8 Å². The number of aryl methyl sites for hydroxylation is 1. The molecule has 1 N–H and O–H groups in total. The van der Waals surface area contributed by atoms with Crippen molar-refractivity contribution >= 4 is 21.9 Å². The minimum Gasteiger partial charge on any atom is -0.385 e. The Bertz CT molecular complexity index is 539.